The Bertz CT molecular complexity index is 459. The largest absolute Gasteiger partial charge is 0.370 e. The van der Waals surface area contributed by atoms with Crippen molar-refractivity contribution in [3.05, 3.63) is 18.1 Å². The van der Waals surface area contributed by atoms with E-state index in [-0.39, 0.29) is 17.9 Å². The molecule has 0 saturated carbocycles. The lowest BCUT2D eigenvalue weighted by Crippen LogP contribution is -2.46. The highest BCUT2D eigenvalue weighted by molar-refractivity contribution is 5.93. The van der Waals surface area contributed by atoms with Crippen molar-refractivity contribution < 1.29 is 9.59 Å². The summed E-state index contributed by atoms with van der Waals surface area (Å²) in [6.45, 7) is 3.38. The Balaban J connectivity index is 2.78. The van der Waals surface area contributed by atoms with E-state index in [1.165, 1.54) is 12.4 Å². The highest BCUT2D eigenvalue weighted by Gasteiger charge is 2.24. The molecule has 0 unspecified atom stereocenters. The Kier molecular flexibility index (Phi) is 4.16. The third kappa shape index (κ3) is 3.98. The van der Waals surface area contributed by atoms with Crippen LogP contribution in [0.25, 0.3) is 0 Å². The van der Waals surface area contributed by atoms with Crippen molar-refractivity contribution >= 4 is 17.6 Å². The fraction of sp³-hybridized carbons (Fsp3) is 0.400. The molecule has 0 aliphatic rings. The van der Waals surface area contributed by atoms with Gasteiger partial charge in [0.25, 0.3) is 5.91 Å². The Morgan fingerprint density at radius 1 is 1.39 bits per heavy atom. The van der Waals surface area contributed by atoms with Crippen LogP contribution in [0.2, 0.25) is 0 Å². The maximum Gasteiger partial charge on any atom is 0.271 e. The summed E-state index contributed by atoms with van der Waals surface area (Å²) in [6.07, 6.45) is 2.71. The van der Waals surface area contributed by atoms with Crippen molar-refractivity contribution in [3.8, 4) is 0 Å². The molecule has 0 radical (unpaired) electrons. The number of amides is 2. The molecule has 0 aliphatic heterocycles. The quantitative estimate of drug-likeness (QED) is 0.398. The average Bonchev–Trinajstić information content (AvgIpc) is 2.26. The minimum absolute atomic E-state index is 0.0288. The fourth-order valence-electron chi connectivity index (χ4n) is 1.40. The van der Waals surface area contributed by atoms with Gasteiger partial charge in [0, 0.05) is 12.0 Å². The zero-order chi connectivity index (χ0) is 13.8. The SMILES string of the molecule is CC(C)(CC(N)=O)NC(=O)c1cncc(NN)n1. The van der Waals surface area contributed by atoms with E-state index in [1.54, 1.807) is 13.8 Å². The second-order valence-electron chi connectivity index (χ2n) is 4.41. The molecule has 1 aromatic heterocycles. The molecule has 98 valence electrons. The second kappa shape index (κ2) is 5.41. The topological polar surface area (TPSA) is 136 Å². The standard InChI is InChI=1S/C10H16N6O2/c1-10(2,3-7(11)17)15-9(18)6-4-13-5-8(14-6)16-12/h4-5H,3,12H2,1-2H3,(H2,11,17)(H,14,16)(H,15,18). The number of aromatic nitrogens is 2. The number of carbonyl (C=O) groups excluding carboxylic acids is 2. The van der Waals surface area contributed by atoms with Crippen LogP contribution < -0.4 is 22.3 Å². The Hall–Kier alpha value is -2.22. The summed E-state index contributed by atoms with van der Waals surface area (Å²) in [6, 6.07) is 0. The predicted octanol–water partition coefficient (Wildman–Crippen LogP) is -0.854. The van der Waals surface area contributed by atoms with E-state index in [0.29, 0.717) is 0 Å². The smallest absolute Gasteiger partial charge is 0.271 e. The minimum atomic E-state index is -0.753. The molecule has 1 aromatic rings. The van der Waals surface area contributed by atoms with Crippen LogP contribution in [0.4, 0.5) is 5.82 Å². The van der Waals surface area contributed by atoms with E-state index in [4.69, 9.17) is 11.6 Å². The predicted molar refractivity (Wildman–Crippen MR) is 65.2 cm³/mol. The van der Waals surface area contributed by atoms with Gasteiger partial charge in [-0.1, -0.05) is 0 Å². The highest BCUT2D eigenvalue weighted by Crippen LogP contribution is 2.09. The monoisotopic (exact) mass is 252 g/mol. The molecule has 0 atom stereocenters. The first-order valence-electron chi connectivity index (χ1n) is 5.23. The summed E-state index contributed by atoms with van der Waals surface area (Å²) in [7, 11) is 0. The number of rotatable bonds is 5. The number of primary amides is 1. The summed E-state index contributed by atoms with van der Waals surface area (Å²) < 4.78 is 0. The molecule has 1 heterocycles. The maximum absolute atomic E-state index is 11.9. The summed E-state index contributed by atoms with van der Waals surface area (Å²) in [4.78, 5) is 30.5. The van der Waals surface area contributed by atoms with Gasteiger partial charge in [0.15, 0.2) is 5.82 Å². The number of nitrogens with one attached hydrogen (secondary N) is 2. The van der Waals surface area contributed by atoms with Crippen molar-refractivity contribution in [1.82, 2.24) is 15.3 Å². The van der Waals surface area contributed by atoms with E-state index >= 15 is 0 Å². The number of carbonyl (C=O) groups is 2. The van der Waals surface area contributed by atoms with Crippen LogP contribution in [0.15, 0.2) is 12.4 Å². The summed E-state index contributed by atoms with van der Waals surface area (Å²) in [5.41, 5.74) is 6.73. The van der Waals surface area contributed by atoms with Crippen LogP contribution in [-0.4, -0.2) is 27.3 Å². The highest BCUT2D eigenvalue weighted by atomic mass is 16.2. The third-order valence-corrected chi connectivity index (χ3v) is 2.08. The number of nitrogens with zero attached hydrogens (tertiary/aromatic N) is 2. The average molecular weight is 252 g/mol. The molecule has 18 heavy (non-hydrogen) atoms. The lowest BCUT2D eigenvalue weighted by atomic mass is 10.0. The van der Waals surface area contributed by atoms with Gasteiger partial charge in [-0.25, -0.2) is 10.8 Å². The van der Waals surface area contributed by atoms with E-state index in [9.17, 15) is 9.59 Å². The van der Waals surface area contributed by atoms with Crippen molar-refractivity contribution in [2.24, 2.45) is 11.6 Å². The van der Waals surface area contributed by atoms with E-state index in [1.807, 2.05) is 0 Å². The van der Waals surface area contributed by atoms with Crippen LogP contribution in [0, 0.1) is 0 Å². The molecule has 0 aromatic carbocycles. The molecule has 2 amide bonds. The Morgan fingerprint density at radius 2 is 2.06 bits per heavy atom. The van der Waals surface area contributed by atoms with E-state index < -0.39 is 17.4 Å². The van der Waals surface area contributed by atoms with Gasteiger partial charge in [0.2, 0.25) is 5.91 Å². The fourth-order valence-corrected chi connectivity index (χ4v) is 1.40. The van der Waals surface area contributed by atoms with E-state index in [0.717, 1.165) is 0 Å². The minimum Gasteiger partial charge on any atom is -0.370 e. The molecule has 8 nitrogen and oxygen atoms in total. The van der Waals surface area contributed by atoms with Crippen molar-refractivity contribution in [2.45, 2.75) is 25.8 Å². The normalized spacial score (nSPS) is 10.8. The summed E-state index contributed by atoms with van der Waals surface area (Å²) in [5.74, 6) is 4.49. The molecule has 0 saturated heterocycles. The number of hydrogen-bond donors (Lipinski definition) is 4. The van der Waals surface area contributed by atoms with Gasteiger partial charge < -0.3 is 16.5 Å². The Labute approximate surface area is 104 Å². The van der Waals surface area contributed by atoms with Crippen LogP contribution in [0.3, 0.4) is 0 Å². The number of hydrazine groups is 1. The number of nitrogens with two attached hydrogens (primary N) is 2. The van der Waals surface area contributed by atoms with Crippen LogP contribution >= 0.6 is 0 Å². The van der Waals surface area contributed by atoms with Crippen LogP contribution in [0.5, 0.6) is 0 Å². The third-order valence-electron chi connectivity index (χ3n) is 2.08. The Morgan fingerprint density at radius 3 is 2.61 bits per heavy atom. The molecule has 0 spiro atoms. The molecular weight excluding hydrogens is 236 g/mol. The van der Waals surface area contributed by atoms with Crippen LogP contribution in [-0.2, 0) is 4.79 Å². The van der Waals surface area contributed by atoms with Gasteiger partial charge in [-0.05, 0) is 13.8 Å². The number of hydrogen-bond acceptors (Lipinski definition) is 6. The van der Waals surface area contributed by atoms with Gasteiger partial charge in [0.1, 0.15) is 5.69 Å². The first kappa shape index (κ1) is 13.8. The van der Waals surface area contributed by atoms with Crippen molar-refractivity contribution in [1.29, 1.82) is 0 Å². The van der Waals surface area contributed by atoms with Gasteiger partial charge in [-0.2, -0.15) is 0 Å². The van der Waals surface area contributed by atoms with Gasteiger partial charge >= 0.3 is 0 Å². The number of nitrogen functional groups attached to an aromatic ring is 1. The van der Waals surface area contributed by atoms with Gasteiger partial charge in [0.05, 0.1) is 12.4 Å². The van der Waals surface area contributed by atoms with Gasteiger partial charge in [-0.15, -0.1) is 0 Å². The maximum atomic E-state index is 11.9. The first-order chi connectivity index (χ1) is 8.34. The summed E-state index contributed by atoms with van der Waals surface area (Å²) >= 11 is 0. The lowest BCUT2D eigenvalue weighted by Gasteiger charge is -2.24. The zero-order valence-electron chi connectivity index (χ0n) is 10.2. The van der Waals surface area contributed by atoms with Crippen molar-refractivity contribution in [3.63, 3.8) is 0 Å². The summed E-state index contributed by atoms with van der Waals surface area (Å²) in [5, 5.41) is 2.64. The molecule has 1 rings (SSSR count). The molecule has 0 aliphatic carbocycles. The van der Waals surface area contributed by atoms with E-state index in [2.05, 4.69) is 20.7 Å². The second-order valence-corrected chi connectivity index (χ2v) is 4.41. The molecule has 0 fully saturated rings. The number of anilines is 1. The van der Waals surface area contributed by atoms with Gasteiger partial charge in [-0.3, -0.25) is 14.6 Å². The molecule has 0 bridgehead atoms. The van der Waals surface area contributed by atoms with Crippen LogP contribution in [0.1, 0.15) is 30.8 Å². The zero-order valence-corrected chi connectivity index (χ0v) is 10.2. The molecule has 8 heteroatoms. The first-order valence-corrected chi connectivity index (χ1v) is 5.23. The molecular formula is C10H16N6O2. The molecule has 6 N–H and O–H groups in total. The van der Waals surface area contributed by atoms with Crippen molar-refractivity contribution in [2.75, 3.05) is 5.43 Å². The lowest BCUT2D eigenvalue weighted by molar-refractivity contribution is -0.119.